The molecule has 0 aliphatic heterocycles. The predicted octanol–water partition coefficient (Wildman–Crippen LogP) is 3.52. The highest BCUT2D eigenvalue weighted by atomic mass is 32.2. The molecule has 0 N–H and O–H groups in total. The van der Waals surface area contributed by atoms with Crippen LogP contribution in [0.4, 0.5) is 35.5 Å². The molecule has 1 amide bonds. The van der Waals surface area contributed by atoms with Crippen LogP contribution in [-0.4, -0.2) is 58.2 Å². The number of ether oxygens (including phenoxy) is 1. The third-order valence-electron chi connectivity index (χ3n) is 2.12. The molecule has 0 radical (unpaired) electrons. The topological polar surface area (TPSA) is 55.3 Å². The molecule has 0 saturated heterocycles. The minimum Gasteiger partial charge on any atom is -0.462 e. The number of thioether (sulfide) groups is 1. The zero-order valence-corrected chi connectivity index (χ0v) is 13.0. The number of hydrogen-bond donors (Lipinski definition) is 0. The minimum absolute atomic E-state index is 0.213. The van der Waals surface area contributed by atoms with Gasteiger partial charge in [-0.25, -0.2) is 0 Å². The van der Waals surface area contributed by atoms with E-state index in [4.69, 9.17) is 0 Å². The summed E-state index contributed by atoms with van der Waals surface area (Å²) < 4.78 is 94.7. The van der Waals surface area contributed by atoms with Crippen molar-refractivity contribution in [1.29, 1.82) is 0 Å². The van der Waals surface area contributed by atoms with Gasteiger partial charge in [-0.3, -0.25) is 4.79 Å². The van der Waals surface area contributed by atoms with Gasteiger partial charge in [-0.05, 0) is 0 Å². The molecule has 0 atom stereocenters. The molecular formula is C9H8F7N3O2S2. The maximum atomic E-state index is 13.0. The molecule has 1 aromatic heterocycles. The molecule has 0 spiro atoms. The van der Waals surface area contributed by atoms with Crippen molar-refractivity contribution in [3.05, 3.63) is 0 Å². The number of nitrogens with zero attached hydrogens (tertiary/aromatic N) is 3. The van der Waals surface area contributed by atoms with E-state index in [1.807, 2.05) is 0 Å². The first-order chi connectivity index (χ1) is 10.3. The number of rotatable bonds is 5. The molecule has 0 unspecified atom stereocenters. The highest BCUT2D eigenvalue weighted by Crippen LogP contribution is 2.46. The lowest BCUT2D eigenvalue weighted by Crippen LogP contribution is -2.54. The molecule has 1 heterocycles. The number of carbonyl (C=O) groups is 1. The molecule has 0 aliphatic rings. The first-order valence-electron chi connectivity index (χ1n) is 5.46. The van der Waals surface area contributed by atoms with Gasteiger partial charge in [-0.15, -0.1) is 0 Å². The van der Waals surface area contributed by atoms with Crippen molar-refractivity contribution in [2.45, 2.75) is 23.2 Å². The van der Waals surface area contributed by atoms with Gasteiger partial charge in [-0.2, -0.15) is 40.1 Å². The molecule has 23 heavy (non-hydrogen) atoms. The summed E-state index contributed by atoms with van der Waals surface area (Å²) in [5.74, 6) is -11.8. The van der Waals surface area contributed by atoms with Crippen LogP contribution in [0.15, 0.2) is 5.16 Å². The minimum atomic E-state index is -6.43. The SMILES string of the molecule is CN(C)C(=O)Sc1nsc(OCC(F)(F)C(F)(F)C(F)(F)F)n1. The normalized spacial score (nSPS) is 13.1. The Balaban J connectivity index is 2.72. The van der Waals surface area contributed by atoms with Crippen molar-refractivity contribution in [3.63, 3.8) is 0 Å². The molecule has 0 aromatic carbocycles. The molecular weight excluding hydrogens is 379 g/mol. The fraction of sp³-hybridized carbons (Fsp3) is 0.667. The van der Waals surface area contributed by atoms with Gasteiger partial charge < -0.3 is 9.64 Å². The van der Waals surface area contributed by atoms with Gasteiger partial charge in [0.15, 0.2) is 6.61 Å². The maximum Gasteiger partial charge on any atom is 0.460 e. The van der Waals surface area contributed by atoms with Gasteiger partial charge in [0.05, 0.1) is 0 Å². The highest BCUT2D eigenvalue weighted by Gasteiger charge is 2.73. The Kier molecular flexibility index (Phi) is 5.72. The first-order valence-corrected chi connectivity index (χ1v) is 7.05. The lowest BCUT2D eigenvalue weighted by atomic mass is 10.2. The summed E-state index contributed by atoms with van der Waals surface area (Å²) >= 11 is 0.823. The fourth-order valence-electron chi connectivity index (χ4n) is 0.917. The third-order valence-corrected chi connectivity index (χ3v) is 3.77. The van der Waals surface area contributed by atoms with Crippen molar-refractivity contribution >= 4 is 28.5 Å². The van der Waals surface area contributed by atoms with Crippen molar-refractivity contribution in [2.75, 3.05) is 20.7 Å². The monoisotopic (exact) mass is 387 g/mol. The van der Waals surface area contributed by atoms with Crippen LogP contribution >= 0.6 is 23.3 Å². The molecule has 0 aliphatic carbocycles. The lowest BCUT2D eigenvalue weighted by Gasteiger charge is -2.27. The van der Waals surface area contributed by atoms with Gasteiger partial charge in [0.2, 0.25) is 5.16 Å². The Bertz CT molecular complexity index is 562. The van der Waals surface area contributed by atoms with Crippen LogP contribution in [0, 0.1) is 0 Å². The fourth-order valence-corrected chi connectivity index (χ4v) is 2.14. The Labute approximate surface area is 133 Å². The van der Waals surface area contributed by atoms with Crippen LogP contribution in [-0.2, 0) is 0 Å². The molecule has 14 heteroatoms. The smallest absolute Gasteiger partial charge is 0.460 e. The number of carbonyl (C=O) groups excluding carboxylic acids is 1. The zero-order chi connectivity index (χ0) is 18.1. The Morgan fingerprint density at radius 2 is 1.78 bits per heavy atom. The highest BCUT2D eigenvalue weighted by molar-refractivity contribution is 8.13. The lowest BCUT2D eigenvalue weighted by molar-refractivity contribution is -0.358. The number of alkyl halides is 7. The van der Waals surface area contributed by atoms with Crippen LogP contribution < -0.4 is 4.74 Å². The van der Waals surface area contributed by atoms with Crippen molar-refractivity contribution in [1.82, 2.24) is 14.3 Å². The van der Waals surface area contributed by atoms with Gasteiger partial charge in [0, 0.05) is 37.4 Å². The van der Waals surface area contributed by atoms with Crippen molar-refractivity contribution in [2.24, 2.45) is 0 Å². The van der Waals surface area contributed by atoms with E-state index in [1.165, 1.54) is 14.1 Å². The summed E-state index contributed by atoms with van der Waals surface area (Å²) in [6.07, 6.45) is -6.43. The second kappa shape index (κ2) is 6.67. The summed E-state index contributed by atoms with van der Waals surface area (Å²) in [6, 6.07) is 0. The summed E-state index contributed by atoms with van der Waals surface area (Å²) in [5.41, 5.74) is 0. The van der Waals surface area contributed by atoms with E-state index in [-0.39, 0.29) is 5.16 Å². The Morgan fingerprint density at radius 1 is 1.22 bits per heavy atom. The second-order valence-corrected chi connectivity index (χ2v) is 5.80. The van der Waals surface area contributed by atoms with Gasteiger partial charge in [0.25, 0.3) is 10.4 Å². The van der Waals surface area contributed by atoms with E-state index >= 15 is 0 Å². The summed E-state index contributed by atoms with van der Waals surface area (Å²) in [6.45, 7) is -2.25. The van der Waals surface area contributed by atoms with Crippen LogP contribution in [0.2, 0.25) is 0 Å². The average Bonchev–Trinajstić information content (AvgIpc) is 2.82. The Morgan fingerprint density at radius 3 is 2.26 bits per heavy atom. The second-order valence-electron chi connectivity index (χ2n) is 4.17. The molecule has 5 nitrogen and oxygen atoms in total. The summed E-state index contributed by atoms with van der Waals surface area (Å²) in [7, 11) is 2.83. The number of amides is 1. The number of aromatic nitrogens is 2. The first kappa shape index (κ1) is 19.7. The van der Waals surface area contributed by atoms with Crippen LogP contribution in [0.3, 0.4) is 0 Å². The molecule has 132 valence electrons. The van der Waals surface area contributed by atoms with E-state index in [0.29, 0.717) is 23.3 Å². The van der Waals surface area contributed by atoms with Crippen molar-refractivity contribution in [3.8, 4) is 5.19 Å². The zero-order valence-electron chi connectivity index (χ0n) is 11.3. The molecule has 0 bridgehead atoms. The summed E-state index contributed by atoms with van der Waals surface area (Å²) in [5, 5.41) is -1.39. The summed E-state index contributed by atoms with van der Waals surface area (Å²) in [4.78, 5) is 15.9. The van der Waals surface area contributed by atoms with Gasteiger partial charge in [0.1, 0.15) is 0 Å². The Hall–Kier alpha value is -1.31. The van der Waals surface area contributed by atoms with Gasteiger partial charge >= 0.3 is 18.0 Å². The standard InChI is InChI=1S/C9H8F7N3O2S2/c1-19(2)6(20)22-4-17-5(23-18-4)21-3-7(10,11)8(12,13)9(14,15)16/h3H2,1-2H3. The van der Waals surface area contributed by atoms with Gasteiger partial charge in [-0.1, -0.05) is 0 Å². The maximum absolute atomic E-state index is 13.0. The van der Waals surface area contributed by atoms with Crippen LogP contribution in [0.5, 0.6) is 5.19 Å². The van der Waals surface area contributed by atoms with Crippen LogP contribution in [0.1, 0.15) is 0 Å². The quantitative estimate of drug-likeness (QED) is 0.572. The molecule has 0 saturated carbocycles. The molecule has 1 aromatic rings. The van der Waals surface area contributed by atoms with E-state index in [2.05, 4.69) is 14.1 Å². The molecule has 1 rings (SSSR count). The average molecular weight is 387 g/mol. The van der Waals surface area contributed by atoms with E-state index in [0.717, 1.165) is 4.90 Å². The number of hydrogen-bond acceptors (Lipinski definition) is 6. The van der Waals surface area contributed by atoms with Crippen LogP contribution in [0.25, 0.3) is 0 Å². The third kappa shape index (κ3) is 4.59. The van der Waals surface area contributed by atoms with E-state index < -0.39 is 35.1 Å². The molecule has 0 fully saturated rings. The van der Waals surface area contributed by atoms with E-state index in [1.54, 1.807) is 0 Å². The van der Waals surface area contributed by atoms with E-state index in [9.17, 15) is 35.5 Å². The number of halogens is 7. The predicted molar refractivity (Wildman–Crippen MR) is 66.3 cm³/mol. The van der Waals surface area contributed by atoms with Crippen molar-refractivity contribution < 1.29 is 40.3 Å². The largest absolute Gasteiger partial charge is 0.462 e.